The van der Waals surface area contributed by atoms with Crippen LogP contribution < -0.4 is 9.46 Å². The SMILES string of the molecule is CCOc1ccccc1CNS(=O)(=O)c1ccc(S(C)(=O)=O)cc1. The standard InChI is InChI=1S/C16H19NO5S2/c1-3-22-16-7-5-4-6-13(16)12-17-24(20,21)15-10-8-14(9-11-15)23(2,18)19/h4-11,17H,3,12H2,1-2H3. The molecule has 0 aliphatic rings. The van der Waals surface area contributed by atoms with Crippen molar-refractivity contribution in [3.8, 4) is 5.75 Å². The van der Waals surface area contributed by atoms with E-state index >= 15 is 0 Å². The van der Waals surface area contributed by atoms with E-state index in [4.69, 9.17) is 4.74 Å². The van der Waals surface area contributed by atoms with Gasteiger partial charge in [0.25, 0.3) is 0 Å². The predicted octanol–water partition coefficient (Wildman–Crippen LogP) is 1.97. The molecule has 0 amide bonds. The van der Waals surface area contributed by atoms with E-state index in [9.17, 15) is 16.8 Å². The van der Waals surface area contributed by atoms with Crippen LogP contribution in [0, 0.1) is 0 Å². The van der Waals surface area contributed by atoms with Crippen molar-refractivity contribution in [2.24, 2.45) is 0 Å². The molecule has 0 spiro atoms. The monoisotopic (exact) mass is 369 g/mol. The Morgan fingerprint density at radius 2 is 1.50 bits per heavy atom. The molecule has 0 aliphatic carbocycles. The second-order valence-electron chi connectivity index (χ2n) is 5.11. The van der Waals surface area contributed by atoms with Crippen molar-refractivity contribution in [2.75, 3.05) is 12.9 Å². The van der Waals surface area contributed by atoms with Gasteiger partial charge in [0, 0.05) is 18.4 Å². The third-order valence-corrected chi connectivity index (χ3v) is 5.83. The van der Waals surface area contributed by atoms with Gasteiger partial charge in [0.1, 0.15) is 5.75 Å². The van der Waals surface area contributed by atoms with Crippen LogP contribution in [0.15, 0.2) is 58.3 Å². The third kappa shape index (κ3) is 4.56. The van der Waals surface area contributed by atoms with Gasteiger partial charge in [0.15, 0.2) is 9.84 Å². The highest BCUT2D eigenvalue weighted by atomic mass is 32.2. The molecule has 8 heteroatoms. The van der Waals surface area contributed by atoms with Crippen molar-refractivity contribution in [3.05, 3.63) is 54.1 Å². The first-order valence-electron chi connectivity index (χ1n) is 7.24. The van der Waals surface area contributed by atoms with E-state index in [0.29, 0.717) is 12.4 Å². The van der Waals surface area contributed by atoms with Gasteiger partial charge in [0.2, 0.25) is 10.0 Å². The summed E-state index contributed by atoms with van der Waals surface area (Å²) in [7, 11) is -7.12. The molecule has 0 radical (unpaired) electrons. The van der Waals surface area contributed by atoms with Gasteiger partial charge in [-0.3, -0.25) is 0 Å². The Balaban J connectivity index is 2.17. The topological polar surface area (TPSA) is 89.5 Å². The largest absolute Gasteiger partial charge is 0.494 e. The molecule has 0 aliphatic heterocycles. The summed E-state index contributed by atoms with van der Waals surface area (Å²) in [6.45, 7) is 2.41. The van der Waals surface area contributed by atoms with Gasteiger partial charge in [-0.1, -0.05) is 18.2 Å². The number of nitrogens with one attached hydrogen (secondary N) is 1. The van der Waals surface area contributed by atoms with Crippen LogP contribution in [-0.4, -0.2) is 29.7 Å². The summed E-state index contributed by atoms with van der Waals surface area (Å²) in [5.74, 6) is 0.620. The highest BCUT2D eigenvalue weighted by Crippen LogP contribution is 2.19. The zero-order chi connectivity index (χ0) is 17.8. The van der Waals surface area contributed by atoms with E-state index in [1.807, 2.05) is 13.0 Å². The molecule has 0 unspecified atom stereocenters. The van der Waals surface area contributed by atoms with Crippen molar-refractivity contribution in [1.29, 1.82) is 0 Å². The van der Waals surface area contributed by atoms with Gasteiger partial charge in [-0.05, 0) is 37.3 Å². The van der Waals surface area contributed by atoms with Crippen LogP contribution >= 0.6 is 0 Å². The second-order valence-corrected chi connectivity index (χ2v) is 8.89. The molecule has 1 N–H and O–H groups in total. The Hall–Kier alpha value is -1.90. The zero-order valence-electron chi connectivity index (χ0n) is 13.4. The summed E-state index contributed by atoms with van der Waals surface area (Å²) in [6.07, 6.45) is 1.07. The van der Waals surface area contributed by atoms with Crippen LogP contribution in [-0.2, 0) is 26.4 Å². The summed E-state index contributed by atoms with van der Waals surface area (Å²) >= 11 is 0. The smallest absolute Gasteiger partial charge is 0.240 e. The number of sulfone groups is 1. The lowest BCUT2D eigenvalue weighted by Gasteiger charge is -2.11. The summed E-state index contributed by atoms with van der Waals surface area (Å²) in [6, 6.07) is 12.3. The van der Waals surface area contributed by atoms with Gasteiger partial charge in [-0.25, -0.2) is 21.6 Å². The average molecular weight is 369 g/mol. The number of benzene rings is 2. The number of hydrogen-bond acceptors (Lipinski definition) is 5. The fourth-order valence-corrected chi connectivity index (χ4v) is 3.71. The lowest BCUT2D eigenvalue weighted by atomic mass is 10.2. The molecule has 0 atom stereocenters. The van der Waals surface area contributed by atoms with Crippen LogP contribution in [0.3, 0.4) is 0 Å². The van der Waals surface area contributed by atoms with E-state index in [1.165, 1.54) is 24.3 Å². The van der Waals surface area contributed by atoms with Crippen molar-refractivity contribution in [1.82, 2.24) is 4.72 Å². The first-order valence-corrected chi connectivity index (χ1v) is 10.6. The van der Waals surface area contributed by atoms with Crippen molar-refractivity contribution in [2.45, 2.75) is 23.3 Å². The molecule has 24 heavy (non-hydrogen) atoms. The first kappa shape index (κ1) is 18.4. The van der Waals surface area contributed by atoms with Gasteiger partial charge in [0.05, 0.1) is 16.4 Å². The van der Waals surface area contributed by atoms with E-state index in [0.717, 1.165) is 11.8 Å². The fraction of sp³-hybridized carbons (Fsp3) is 0.250. The lowest BCUT2D eigenvalue weighted by molar-refractivity contribution is 0.336. The molecule has 2 aromatic carbocycles. The molecule has 0 fully saturated rings. The van der Waals surface area contributed by atoms with E-state index in [2.05, 4.69) is 4.72 Å². The minimum atomic E-state index is -3.75. The maximum Gasteiger partial charge on any atom is 0.240 e. The first-order chi connectivity index (χ1) is 11.2. The lowest BCUT2D eigenvalue weighted by Crippen LogP contribution is -2.23. The molecule has 0 saturated carbocycles. The van der Waals surface area contributed by atoms with Crippen molar-refractivity contribution >= 4 is 19.9 Å². The predicted molar refractivity (Wildman–Crippen MR) is 91.2 cm³/mol. The molecule has 0 saturated heterocycles. The quantitative estimate of drug-likeness (QED) is 0.806. The zero-order valence-corrected chi connectivity index (χ0v) is 15.0. The Kier molecular flexibility index (Phi) is 5.63. The van der Waals surface area contributed by atoms with E-state index < -0.39 is 19.9 Å². The third-order valence-electron chi connectivity index (χ3n) is 3.29. The van der Waals surface area contributed by atoms with Crippen LogP contribution in [0.1, 0.15) is 12.5 Å². The Morgan fingerprint density at radius 1 is 0.917 bits per heavy atom. The second kappa shape index (κ2) is 7.33. The minimum Gasteiger partial charge on any atom is -0.494 e. The van der Waals surface area contributed by atoms with Crippen molar-refractivity contribution < 1.29 is 21.6 Å². The Bertz CT molecular complexity index is 904. The van der Waals surface area contributed by atoms with Gasteiger partial charge < -0.3 is 4.74 Å². The Morgan fingerprint density at radius 3 is 2.08 bits per heavy atom. The molecule has 2 rings (SSSR count). The number of sulfonamides is 1. The van der Waals surface area contributed by atoms with Crippen LogP contribution in [0.25, 0.3) is 0 Å². The summed E-state index contributed by atoms with van der Waals surface area (Å²) in [5, 5.41) is 0. The molecular weight excluding hydrogens is 350 g/mol. The number of para-hydroxylation sites is 1. The average Bonchev–Trinajstić information content (AvgIpc) is 2.54. The van der Waals surface area contributed by atoms with E-state index in [1.54, 1.807) is 18.2 Å². The van der Waals surface area contributed by atoms with Gasteiger partial charge in [-0.2, -0.15) is 0 Å². The molecule has 0 heterocycles. The minimum absolute atomic E-state index is 0.00351. The number of rotatable bonds is 7. The summed E-state index contributed by atoms with van der Waals surface area (Å²) in [5.41, 5.74) is 0.718. The highest BCUT2D eigenvalue weighted by Gasteiger charge is 2.16. The number of ether oxygens (including phenoxy) is 1. The fourth-order valence-electron chi connectivity index (χ4n) is 2.07. The van der Waals surface area contributed by atoms with Crippen LogP contribution in [0.2, 0.25) is 0 Å². The molecule has 130 valence electrons. The molecular formula is C16H19NO5S2. The maximum absolute atomic E-state index is 12.3. The van der Waals surface area contributed by atoms with Gasteiger partial charge in [-0.15, -0.1) is 0 Å². The summed E-state index contributed by atoms with van der Waals surface area (Å²) in [4.78, 5) is 0.0759. The normalized spacial score (nSPS) is 12.1. The number of hydrogen-bond donors (Lipinski definition) is 1. The van der Waals surface area contributed by atoms with Crippen molar-refractivity contribution in [3.63, 3.8) is 0 Å². The van der Waals surface area contributed by atoms with Crippen LogP contribution in [0.5, 0.6) is 5.75 Å². The van der Waals surface area contributed by atoms with E-state index in [-0.39, 0.29) is 16.3 Å². The summed E-state index contributed by atoms with van der Waals surface area (Å²) < 4.78 is 55.5. The molecule has 0 aromatic heterocycles. The maximum atomic E-state index is 12.3. The molecule has 0 bridgehead atoms. The van der Waals surface area contributed by atoms with Crippen LogP contribution in [0.4, 0.5) is 0 Å². The highest BCUT2D eigenvalue weighted by molar-refractivity contribution is 7.90. The van der Waals surface area contributed by atoms with Gasteiger partial charge >= 0.3 is 0 Å². The Labute approximate surface area is 142 Å². The molecule has 2 aromatic rings. The molecule has 6 nitrogen and oxygen atoms in total.